The van der Waals surface area contributed by atoms with E-state index in [4.69, 9.17) is 0 Å². The highest BCUT2D eigenvalue weighted by Crippen LogP contribution is 2.27. The topological polar surface area (TPSA) is 118 Å². The Bertz CT molecular complexity index is 1560. The van der Waals surface area contributed by atoms with Crippen molar-refractivity contribution in [1.29, 1.82) is 0 Å². The number of carbonyl (C=O) groups is 2. The molecule has 0 bridgehead atoms. The molecule has 3 atom stereocenters. The molecule has 3 aromatic rings. The van der Waals surface area contributed by atoms with Gasteiger partial charge in [-0.3, -0.25) is 14.6 Å². The van der Waals surface area contributed by atoms with Gasteiger partial charge in [0.1, 0.15) is 12.0 Å². The lowest BCUT2D eigenvalue weighted by molar-refractivity contribution is -0.135. The number of aliphatic imine (C=N–C) groups is 1. The van der Waals surface area contributed by atoms with Crippen LogP contribution in [0.4, 0.5) is 0 Å². The van der Waals surface area contributed by atoms with E-state index in [0.717, 1.165) is 84.5 Å². The highest BCUT2D eigenvalue weighted by Gasteiger charge is 2.33. The third-order valence-electron chi connectivity index (χ3n) is 9.42. The van der Waals surface area contributed by atoms with Crippen LogP contribution in [0.5, 0.6) is 0 Å². The average molecular weight is 683 g/mol. The second kappa shape index (κ2) is 18.6. The number of aromatic amines is 1. The van der Waals surface area contributed by atoms with Crippen LogP contribution in [0.15, 0.2) is 65.9 Å². The maximum atomic E-state index is 13.4. The number of H-pyrrole nitrogens is 1. The molecule has 1 unspecified atom stereocenters. The van der Waals surface area contributed by atoms with E-state index < -0.39 is 0 Å². The summed E-state index contributed by atoms with van der Waals surface area (Å²) in [6.07, 6.45) is 8.61. The Morgan fingerprint density at radius 1 is 0.980 bits per heavy atom. The van der Waals surface area contributed by atoms with Crippen LogP contribution in [-0.2, 0) is 16.0 Å². The first-order valence-corrected chi connectivity index (χ1v) is 18.1. The smallest absolute Gasteiger partial charge is 0.241 e. The molecule has 2 heterocycles. The predicted octanol–water partition coefficient (Wildman–Crippen LogP) is 5.94. The molecule has 10 nitrogen and oxygen atoms in total. The van der Waals surface area contributed by atoms with Crippen molar-refractivity contribution in [3.8, 4) is 22.4 Å². The summed E-state index contributed by atoms with van der Waals surface area (Å²) in [5.41, 5.74) is 6.09. The minimum atomic E-state index is -0.190. The molecule has 0 aliphatic carbocycles. The van der Waals surface area contributed by atoms with Gasteiger partial charge in [0, 0.05) is 32.8 Å². The molecular weight excluding hydrogens is 624 g/mol. The van der Waals surface area contributed by atoms with Gasteiger partial charge in [-0.25, -0.2) is 4.98 Å². The maximum Gasteiger partial charge on any atom is 0.241 e. The van der Waals surface area contributed by atoms with E-state index in [1.54, 1.807) is 6.20 Å². The number of nitrogens with zero attached hydrogens (tertiary/aromatic N) is 4. The number of carbonyl (C=O) groups excluding carboxylic acids is 2. The van der Waals surface area contributed by atoms with Crippen molar-refractivity contribution in [2.24, 2.45) is 16.8 Å². The number of nitrogens with one attached hydrogen (secondary N) is 4. The molecule has 1 saturated heterocycles. The number of hydrogen-bond acceptors (Lipinski definition) is 7. The lowest BCUT2D eigenvalue weighted by Crippen LogP contribution is -2.51. The summed E-state index contributed by atoms with van der Waals surface area (Å²) in [5.74, 6) is 2.09. The van der Waals surface area contributed by atoms with Crippen molar-refractivity contribution in [3.05, 3.63) is 72.3 Å². The molecule has 0 radical (unpaired) electrons. The Balaban J connectivity index is 1.35. The van der Waals surface area contributed by atoms with Crippen molar-refractivity contribution in [1.82, 2.24) is 35.7 Å². The Kier molecular flexibility index (Phi) is 14.4. The Labute approximate surface area is 299 Å². The van der Waals surface area contributed by atoms with Gasteiger partial charge in [0.15, 0.2) is 0 Å². The highest BCUT2D eigenvalue weighted by atomic mass is 16.2. The molecule has 1 aliphatic rings. The fourth-order valence-corrected chi connectivity index (χ4v) is 6.65. The molecule has 10 heteroatoms. The molecule has 1 aromatic heterocycles. The molecule has 1 aliphatic heterocycles. The number of likely N-dealkylation sites (N-methyl/N-ethyl adjacent to an activating group) is 3. The fourth-order valence-electron chi connectivity index (χ4n) is 6.65. The number of amides is 2. The molecule has 4 N–H and O–H groups in total. The minimum Gasteiger partial charge on any atom is -0.363 e. The van der Waals surface area contributed by atoms with Crippen LogP contribution in [0.25, 0.3) is 28.1 Å². The van der Waals surface area contributed by atoms with E-state index in [1.165, 1.54) is 0 Å². The Hall–Kier alpha value is -4.28. The molecule has 2 amide bonds. The lowest BCUT2D eigenvalue weighted by atomic mass is 10.0. The van der Waals surface area contributed by atoms with Gasteiger partial charge in [-0.15, -0.1) is 0 Å². The van der Waals surface area contributed by atoms with Crippen molar-refractivity contribution in [2.75, 3.05) is 34.2 Å². The molecule has 2 aromatic carbocycles. The van der Waals surface area contributed by atoms with Gasteiger partial charge in [-0.2, -0.15) is 0 Å². The summed E-state index contributed by atoms with van der Waals surface area (Å²) < 4.78 is 0. The number of rotatable bonds is 18. The lowest BCUT2D eigenvalue weighted by Gasteiger charge is -2.31. The Morgan fingerprint density at radius 3 is 2.18 bits per heavy atom. The fraction of sp³-hybridized carbons (Fsp3) is 0.500. The predicted molar refractivity (Wildman–Crippen MR) is 205 cm³/mol. The van der Waals surface area contributed by atoms with Crippen LogP contribution in [0.3, 0.4) is 0 Å². The molecule has 4 rings (SSSR count). The number of aromatic nitrogens is 2. The van der Waals surface area contributed by atoms with Crippen molar-refractivity contribution in [2.45, 2.75) is 84.5 Å². The van der Waals surface area contributed by atoms with E-state index in [0.29, 0.717) is 18.4 Å². The number of aryl methyl sites for hydroxylation is 1. The summed E-state index contributed by atoms with van der Waals surface area (Å²) in [6.45, 7) is 13.7. The summed E-state index contributed by atoms with van der Waals surface area (Å²) in [6, 6.07) is 16.5. The van der Waals surface area contributed by atoms with Crippen LogP contribution in [0.2, 0.25) is 0 Å². The number of likely N-dealkylation sites (tertiary alicyclic amines) is 1. The zero-order valence-corrected chi connectivity index (χ0v) is 31.1. The first kappa shape index (κ1) is 38.5. The van der Waals surface area contributed by atoms with Gasteiger partial charge < -0.3 is 30.7 Å². The van der Waals surface area contributed by atoms with Crippen LogP contribution in [0.1, 0.15) is 71.2 Å². The molecule has 0 saturated carbocycles. The minimum absolute atomic E-state index is 0.0927. The highest BCUT2D eigenvalue weighted by molar-refractivity contribution is 5.83. The first-order chi connectivity index (χ1) is 24.0. The third kappa shape index (κ3) is 10.4. The largest absolute Gasteiger partial charge is 0.363 e. The number of imidazole rings is 1. The van der Waals surface area contributed by atoms with E-state index >= 15 is 0 Å². The van der Waals surface area contributed by atoms with E-state index in [2.05, 4.69) is 114 Å². The van der Waals surface area contributed by atoms with Crippen LogP contribution < -0.4 is 16.0 Å². The summed E-state index contributed by atoms with van der Waals surface area (Å²) in [5, 5.41) is 9.97. The van der Waals surface area contributed by atoms with E-state index in [9.17, 15) is 9.59 Å². The van der Waals surface area contributed by atoms with Gasteiger partial charge in [-0.05, 0) is 87.0 Å². The maximum absolute atomic E-state index is 13.4. The molecule has 1 fully saturated rings. The number of hydrogen-bond donors (Lipinski definition) is 4. The normalized spacial score (nSPS) is 16.1. The quantitative estimate of drug-likeness (QED) is 0.124. The van der Waals surface area contributed by atoms with Gasteiger partial charge in [0.05, 0.1) is 29.7 Å². The van der Waals surface area contributed by atoms with Gasteiger partial charge in [-0.1, -0.05) is 76.2 Å². The monoisotopic (exact) mass is 682 g/mol. The molecule has 50 heavy (non-hydrogen) atoms. The van der Waals surface area contributed by atoms with Gasteiger partial charge >= 0.3 is 0 Å². The molecular formula is C40H58N8O2. The zero-order chi connectivity index (χ0) is 36.2. The second-order valence-corrected chi connectivity index (χ2v) is 14.3. The standard InChI is InChI=1S/C40H58N8O2/c1-27(2)23-33(42-6)39(49)47(8)21-9-11-37-44-26-36(45-37)32-19-15-30(16-20-32)29-13-17-31(18-14-29)35(25-41-5)46-38-12-10-22-48(38)40(50)34(43-7)24-28(3)4/h13-20,25-28,33-34,38,42-43,46H,5,9-12,21-24H2,1-4,6-8H3,(H,44,45)/b35-25-/t33-,34-,38?/m0/s1. The summed E-state index contributed by atoms with van der Waals surface area (Å²) in [4.78, 5) is 42.1. The summed E-state index contributed by atoms with van der Waals surface area (Å²) in [7, 11) is 5.59. The molecule has 0 spiro atoms. The van der Waals surface area contributed by atoms with Gasteiger partial charge in [0.2, 0.25) is 11.8 Å². The van der Waals surface area contributed by atoms with E-state index in [1.807, 2.05) is 37.1 Å². The van der Waals surface area contributed by atoms with Crippen molar-refractivity contribution < 1.29 is 9.59 Å². The molecule has 270 valence electrons. The van der Waals surface area contributed by atoms with Gasteiger partial charge in [0.25, 0.3) is 0 Å². The van der Waals surface area contributed by atoms with E-state index in [-0.39, 0.29) is 30.1 Å². The van der Waals surface area contributed by atoms with Crippen molar-refractivity contribution >= 4 is 24.2 Å². The second-order valence-electron chi connectivity index (χ2n) is 14.3. The van der Waals surface area contributed by atoms with Crippen LogP contribution >= 0.6 is 0 Å². The summed E-state index contributed by atoms with van der Waals surface area (Å²) >= 11 is 0. The average Bonchev–Trinajstić information content (AvgIpc) is 3.79. The SMILES string of the molecule is C=N/C=C(\NC1CCCN1C(=O)[C@H](CC(C)C)NC)c1ccc(-c2ccc(-c3cnc(CCCN(C)C(=O)[C@H](CC(C)C)NC)[nH]3)cc2)cc1. The van der Waals surface area contributed by atoms with Crippen LogP contribution in [-0.4, -0.2) is 90.8 Å². The van der Waals surface area contributed by atoms with Crippen molar-refractivity contribution in [3.63, 3.8) is 0 Å². The number of benzene rings is 2. The Morgan fingerprint density at radius 2 is 1.58 bits per heavy atom. The van der Waals surface area contributed by atoms with Crippen LogP contribution in [0, 0.1) is 11.8 Å². The zero-order valence-electron chi connectivity index (χ0n) is 31.1. The third-order valence-corrected chi connectivity index (χ3v) is 9.42. The first-order valence-electron chi connectivity index (χ1n) is 18.1.